The van der Waals surface area contributed by atoms with Crippen molar-refractivity contribution in [1.29, 1.82) is 0 Å². The summed E-state index contributed by atoms with van der Waals surface area (Å²) in [5.74, 6) is -0.354. The molecule has 0 saturated carbocycles. The van der Waals surface area contributed by atoms with Gasteiger partial charge in [0.25, 0.3) is 11.8 Å². The molecule has 0 fully saturated rings. The predicted molar refractivity (Wildman–Crippen MR) is 120 cm³/mol. The van der Waals surface area contributed by atoms with E-state index in [2.05, 4.69) is 21.7 Å². The first-order valence-electron chi connectivity index (χ1n) is 9.91. The summed E-state index contributed by atoms with van der Waals surface area (Å²) in [7, 11) is 0. The van der Waals surface area contributed by atoms with E-state index >= 15 is 0 Å². The molecular weight excluding hydrogens is 374 g/mol. The highest BCUT2D eigenvalue weighted by Crippen LogP contribution is 2.18. The van der Waals surface area contributed by atoms with Gasteiger partial charge in [-0.05, 0) is 66.9 Å². The monoisotopic (exact) mass is 397 g/mol. The summed E-state index contributed by atoms with van der Waals surface area (Å²) in [5, 5.41) is 6.99. The fraction of sp³-hybridized carbons (Fsp3) is 0.120. The quantitative estimate of drug-likeness (QED) is 0.441. The highest BCUT2D eigenvalue weighted by Gasteiger charge is 2.10. The van der Waals surface area contributed by atoms with Gasteiger partial charge in [-0.1, -0.05) is 30.3 Å². The number of aromatic nitrogens is 1. The van der Waals surface area contributed by atoms with Crippen LogP contribution in [0, 0.1) is 6.92 Å². The maximum Gasteiger partial charge on any atom is 0.255 e. The molecule has 3 N–H and O–H groups in total. The number of fused-ring (bicyclic) bond motifs is 1. The van der Waals surface area contributed by atoms with E-state index in [1.54, 1.807) is 24.3 Å². The van der Waals surface area contributed by atoms with Gasteiger partial charge in [0.05, 0.1) is 0 Å². The number of aryl methyl sites for hydroxylation is 1. The third-order valence-corrected chi connectivity index (χ3v) is 5.04. The van der Waals surface area contributed by atoms with E-state index in [1.165, 1.54) is 10.9 Å². The van der Waals surface area contributed by atoms with Crippen LogP contribution >= 0.6 is 0 Å². The largest absolute Gasteiger partial charge is 0.361 e. The van der Waals surface area contributed by atoms with E-state index in [0.29, 0.717) is 17.7 Å². The van der Waals surface area contributed by atoms with Crippen molar-refractivity contribution < 1.29 is 9.59 Å². The minimum Gasteiger partial charge on any atom is -0.361 e. The van der Waals surface area contributed by atoms with Gasteiger partial charge in [0.1, 0.15) is 0 Å². The molecule has 2 amide bonds. The molecule has 30 heavy (non-hydrogen) atoms. The van der Waals surface area contributed by atoms with E-state index in [-0.39, 0.29) is 11.8 Å². The number of para-hydroxylation sites is 1. The molecule has 0 unspecified atom stereocenters. The molecule has 0 bridgehead atoms. The summed E-state index contributed by atoms with van der Waals surface area (Å²) in [5.41, 5.74) is 5.13. The van der Waals surface area contributed by atoms with E-state index in [0.717, 1.165) is 23.2 Å². The average molecular weight is 397 g/mol. The molecule has 0 aliphatic rings. The van der Waals surface area contributed by atoms with Crippen LogP contribution in [-0.2, 0) is 6.42 Å². The molecule has 4 aromatic rings. The SMILES string of the molecule is Cc1cccc(NC(=O)c2ccc(C(=O)NCCc3c[nH]c4ccccc34)cc2)c1. The maximum absolute atomic E-state index is 12.4. The lowest BCUT2D eigenvalue weighted by Gasteiger charge is -2.08. The molecule has 3 aromatic carbocycles. The van der Waals surface area contributed by atoms with Crippen molar-refractivity contribution in [3.8, 4) is 0 Å². The number of benzene rings is 3. The van der Waals surface area contributed by atoms with E-state index in [4.69, 9.17) is 0 Å². The fourth-order valence-corrected chi connectivity index (χ4v) is 3.45. The number of aromatic amines is 1. The molecule has 4 rings (SSSR count). The standard InChI is InChI=1S/C25H23N3O2/c1-17-5-4-6-21(15-17)28-25(30)19-11-9-18(10-12-19)24(29)26-14-13-20-16-27-23-8-3-2-7-22(20)23/h2-12,15-16,27H,13-14H2,1H3,(H,26,29)(H,28,30). The predicted octanol–water partition coefficient (Wildman–Crippen LogP) is 4.70. The number of hydrogen-bond donors (Lipinski definition) is 3. The van der Waals surface area contributed by atoms with Crippen molar-refractivity contribution in [3.63, 3.8) is 0 Å². The second-order valence-electron chi connectivity index (χ2n) is 7.27. The Balaban J connectivity index is 1.33. The molecule has 0 saturated heterocycles. The number of hydrogen-bond acceptors (Lipinski definition) is 2. The lowest BCUT2D eigenvalue weighted by Crippen LogP contribution is -2.25. The van der Waals surface area contributed by atoms with Gasteiger partial charge in [0.2, 0.25) is 0 Å². The molecule has 0 radical (unpaired) electrons. The Morgan fingerprint density at radius 3 is 2.37 bits per heavy atom. The van der Waals surface area contributed by atoms with Crippen molar-refractivity contribution in [2.45, 2.75) is 13.3 Å². The first-order valence-corrected chi connectivity index (χ1v) is 9.91. The topological polar surface area (TPSA) is 74.0 Å². The average Bonchev–Trinajstić information content (AvgIpc) is 3.17. The first-order chi connectivity index (χ1) is 14.6. The van der Waals surface area contributed by atoms with Crippen LogP contribution in [0.3, 0.4) is 0 Å². The summed E-state index contributed by atoms with van der Waals surface area (Å²) in [6.07, 6.45) is 2.73. The number of anilines is 1. The smallest absolute Gasteiger partial charge is 0.255 e. The van der Waals surface area contributed by atoms with Crippen LogP contribution < -0.4 is 10.6 Å². The van der Waals surface area contributed by atoms with Crippen LogP contribution in [0.15, 0.2) is 79.0 Å². The molecule has 5 nitrogen and oxygen atoms in total. The van der Waals surface area contributed by atoms with Gasteiger partial charge in [-0.25, -0.2) is 0 Å². The van der Waals surface area contributed by atoms with Crippen LogP contribution in [0.5, 0.6) is 0 Å². The molecular formula is C25H23N3O2. The molecule has 1 heterocycles. The molecule has 150 valence electrons. The van der Waals surface area contributed by atoms with Crippen molar-refractivity contribution in [3.05, 3.63) is 101 Å². The van der Waals surface area contributed by atoms with Crippen LogP contribution in [0.25, 0.3) is 10.9 Å². The second-order valence-corrected chi connectivity index (χ2v) is 7.27. The number of nitrogens with one attached hydrogen (secondary N) is 3. The molecule has 0 atom stereocenters. The van der Waals surface area contributed by atoms with E-state index in [9.17, 15) is 9.59 Å². The minimum absolute atomic E-state index is 0.152. The zero-order valence-electron chi connectivity index (χ0n) is 16.7. The number of carbonyl (C=O) groups is 2. The van der Waals surface area contributed by atoms with Gasteiger partial charge < -0.3 is 15.6 Å². The summed E-state index contributed by atoms with van der Waals surface area (Å²) < 4.78 is 0. The fourth-order valence-electron chi connectivity index (χ4n) is 3.45. The van der Waals surface area contributed by atoms with Gasteiger partial charge in [0.15, 0.2) is 0 Å². The van der Waals surface area contributed by atoms with Gasteiger partial charge in [-0.2, -0.15) is 0 Å². The van der Waals surface area contributed by atoms with Crippen LogP contribution in [0.1, 0.15) is 31.8 Å². The Hall–Kier alpha value is -3.86. The molecule has 1 aromatic heterocycles. The van der Waals surface area contributed by atoms with Gasteiger partial charge >= 0.3 is 0 Å². The zero-order valence-corrected chi connectivity index (χ0v) is 16.7. The van der Waals surface area contributed by atoms with Crippen molar-refractivity contribution in [1.82, 2.24) is 10.3 Å². The maximum atomic E-state index is 12.4. The number of rotatable bonds is 6. The third-order valence-electron chi connectivity index (χ3n) is 5.04. The Labute approximate surface area is 175 Å². The molecule has 0 aliphatic heterocycles. The number of amides is 2. The van der Waals surface area contributed by atoms with Crippen LogP contribution in [0.4, 0.5) is 5.69 Å². The Kier molecular flexibility index (Phi) is 5.61. The Morgan fingerprint density at radius 2 is 1.60 bits per heavy atom. The minimum atomic E-state index is -0.202. The highest BCUT2D eigenvalue weighted by atomic mass is 16.2. The number of H-pyrrole nitrogens is 1. The van der Waals surface area contributed by atoms with Gasteiger partial charge in [-0.15, -0.1) is 0 Å². The first kappa shape index (κ1) is 19.5. The van der Waals surface area contributed by atoms with E-state index in [1.807, 2.05) is 55.6 Å². The summed E-state index contributed by atoms with van der Waals surface area (Å²) in [6, 6.07) is 22.4. The highest BCUT2D eigenvalue weighted by molar-refractivity contribution is 6.05. The van der Waals surface area contributed by atoms with E-state index < -0.39 is 0 Å². The third kappa shape index (κ3) is 4.41. The summed E-state index contributed by atoms with van der Waals surface area (Å²) >= 11 is 0. The Morgan fingerprint density at radius 1 is 0.867 bits per heavy atom. The summed E-state index contributed by atoms with van der Waals surface area (Å²) in [4.78, 5) is 28.1. The lowest BCUT2D eigenvalue weighted by atomic mass is 10.1. The van der Waals surface area contributed by atoms with Crippen molar-refractivity contribution in [2.24, 2.45) is 0 Å². The van der Waals surface area contributed by atoms with Gasteiger partial charge in [-0.3, -0.25) is 9.59 Å². The Bertz CT molecular complexity index is 1190. The van der Waals surface area contributed by atoms with Gasteiger partial charge in [0, 0.05) is 40.5 Å². The lowest BCUT2D eigenvalue weighted by molar-refractivity contribution is 0.0952. The normalized spacial score (nSPS) is 10.7. The second kappa shape index (κ2) is 8.66. The molecule has 5 heteroatoms. The zero-order chi connectivity index (χ0) is 20.9. The van der Waals surface area contributed by atoms with Crippen LogP contribution in [0.2, 0.25) is 0 Å². The van der Waals surface area contributed by atoms with Crippen molar-refractivity contribution >= 4 is 28.4 Å². The summed E-state index contributed by atoms with van der Waals surface area (Å²) in [6.45, 7) is 2.51. The van der Waals surface area contributed by atoms with Crippen LogP contribution in [-0.4, -0.2) is 23.3 Å². The molecule has 0 spiro atoms. The number of carbonyl (C=O) groups excluding carboxylic acids is 2. The molecule has 0 aliphatic carbocycles. The van der Waals surface area contributed by atoms with Crippen molar-refractivity contribution in [2.75, 3.05) is 11.9 Å².